The summed E-state index contributed by atoms with van der Waals surface area (Å²) >= 11 is 6.54. The van der Waals surface area contributed by atoms with Crippen LogP contribution in [0.5, 0.6) is 5.75 Å². The average Bonchev–Trinajstić information content (AvgIpc) is 2.58. The number of hydrazone groups is 1. The predicted octanol–water partition coefficient (Wildman–Crippen LogP) is 4.04. The number of nitro groups is 1. The average molecular weight is 471 g/mol. The Bertz CT molecular complexity index is 840. The van der Waals surface area contributed by atoms with Crippen molar-refractivity contribution in [3.63, 3.8) is 0 Å². The molecule has 0 radical (unpaired) electrons. The molecule has 2 aromatic carbocycles. The van der Waals surface area contributed by atoms with Crippen molar-refractivity contribution in [1.82, 2.24) is 5.43 Å². The number of halogens is 2. The summed E-state index contributed by atoms with van der Waals surface area (Å²) in [5.41, 5.74) is 3.85. The van der Waals surface area contributed by atoms with E-state index in [1.165, 1.54) is 18.2 Å². The number of carbonyl (C=O) groups is 1. The van der Waals surface area contributed by atoms with Gasteiger partial charge in [-0.2, -0.15) is 5.10 Å². The first kappa shape index (κ1) is 19.1. The van der Waals surface area contributed by atoms with Gasteiger partial charge in [0, 0.05) is 16.6 Å². The van der Waals surface area contributed by atoms with Crippen LogP contribution >= 0.6 is 31.9 Å². The summed E-state index contributed by atoms with van der Waals surface area (Å²) in [4.78, 5) is 22.0. The molecule has 0 aliphatic rings. The Morgan fingerprint density at radius 2 is 2.04 bits per heavy atom. The van der Waals surface area contributed by atoms with E-state index in [9.17, 15) is 14.9 Å². The molecule has 0 bridgehead atoms. The van der Waals surface area contributed by atoms with Crippen molar-refractivity contribution in [3.05, 3.63) is 67.1 Å². The highest BCUT2D eigenvalue weighted by Gasteiger charge is 2.11. The summed E-state index contributed by atoms with van der Waals surface area (Å²) < 4.78 is 6.64. The fraction of sp³-hybridized carbons (Fsp3) is 0.125. The zero-order chi connectivity index (χ0) is 18.4. The van der Waals surface area contributed by atoms with Crippen LogP contribution in [0, 0.1) is 10.1 Å². The third-order valence-corrected chi connectivity index (χ3v) is 4.19. The SMILES string of the molecule is C/C(=N\NC(=O)COc1ccc([N+](=O)[O-])cc1Br)c1cccc(Br)c1. The molecule has 7 nitrogen and oxygen atoms in total. The Labute approximate surface area is 160 Å². The van der Waals surface area contributed by atoms with Crippen molar-refractivity contribution in [2.75, 3.05) is 6.61 Å². The maximum Gasteiger partial charge on any atom is 0.277 e. The predicted molar refractivity (Wildman–Crippen MR) is 101 cm³/mol. The first-order chi connectivity index (χ1) is 11.9. The maximum atomic E-state index is 11.8. The van der Waals surface area contributed by atoms with Gasteiger partial charge in [-0.3, -0.25) is 14.9 Å². The third-order valence-electron chi connectivity index (χ3n) is 3.08. The second-order valence-corrected chi connectivity index (χ2v) is 6.67. The van der Waals surface area contributed by atoms with Gasteiger partial charge in [0.25, 0.3) is 11.6 Å². The molecule has 2 aromatic rings. The highest BCUT2D eigenvalue weighted by Crippen LogP contribution is 2.28. The fourth-order valence-corrected chi connectivity index (χ4v) is 2.70. The van der Waals surface area contributed by atoms with E-state index in [0.717, 1.165) is 10.0 Å². The molecule has 0 saturated carbocycles. The van der Waals surface area contributed by atoms with Crippen LogP contribution in [-0.2, 0) is 4.79 Å². The quantitative estimate of drug-likeness (QED) is 0.391. The lowest BCUT2D eigenvalue weighted by atomic mass is 10.1. The Hall–Kier alpha value is -2.26. The van der Waals surface area contributed by atoms with Gasteiger partial charge >= 0.3 is 0 Å². The number of nitro benzene ring substituents is 1. The molecule has 0 aliphatic heterocycles. The largest absolute Gasteiger partial charge is 0.483 e. The van der Waals surface area contributed by atoms with Gasteiger partial charge < -0.3 is 4.74 Å². The molecule has 0 fully saturated rings. The topological polar surface area (TPSA) is 93.8 Å². The van der Waals surface area contributed by atoms with E-state index in [2.05, 4.69) is 42.4 Å². The number of ether oxygens (including phenoxy) is 1. The van der Waals surface area contributed by atoms with Crippen LogP contribution in [0.4, 0.5) is 5.69 Å². The van der Waals surface area contributed by atoms with Gasteiger partial charge in [-0.1, -0.05) is 28.1 Å². The van der Waals surface area contributed by atoms with Crippen LogP contribution in [0.15, 0.2) is 56.5 Å². The molecular formula is C16H13Br2N3O4. The maximum absolute atomic E-state index is 11.8. The van der Waals surface area contributed by atoms with Crippen molar-refractivity contribution in [3.8, 4) is 5.75 Å². The van der Waals surface area contributed by atoms with Crippen molar-refractivity contribution < 1.29 is 14.5 Å². The molecule has 0 aromatic heterocycles. The highest BCUT2D eigenvalue weighted by molar-refractivity contribution is 9.10. The van der Waals surface area contributed by atoms with Crippen LogP contribution in [0.25, 0.3) is 0 Å². The van der Waals surface area contributed by atoms with E-state index in [0.29, 0.717) is 15.9 Å². The Morgan fingerprint density at radius 3 is 2.68 bits per heavy atom. The Morgan fingerprint density at radius 1 is 1.28 bits per heavy atom. The number of benzene rings is 2. The zero-order valence-corrected chi connectivity index (χ0v) is 16.2. The van der Waals surface area contributed by atoms with Gasteiger partial charge in [0.05, 0.1) is 15.1 Å². The van der Waals surface area contributed by atoms with Crippen molar-refractivity contribution in [2.45, 2.75) is 6.92 Å². The van der Waals surface area contributed by atoms with E-state index in [4.69, 9.17) is 4.74 Å². The standard InChI is InChI=1S/C16H13Br2N3O4/c1-10(11-3-2-4-12(17)7-11)19-20-16(22)9-25-15-6-5-13(21(23)24)8-14(15)18/h2-8H,9H2,1H3,(H,20,22)/b19-10+. The molecular weight excluding hydrogens is 458 g/mol. The number of nitrogens with zero attached hydrogens (tertiary/aromatic N) is 2. The van der Waals surface area contributed by atoms with Gasteiger partial charge in [-0.25, -0.2) is 5.43 Å². The van der Waals surface area contributed by atoms with E-state index in [1.807, 2.05) is 24.3 Å². The van der Waals surface area contributed by atoms with Gasteiger partial charge in [-0.15, -0.1) is 0 Å². The normalized spacial score (nSPS) is 11.1. The first-order valence-electron chi connectivity index (χ1n) is 7.02. The minimum absolute atomic E-state index is 0.0714. The van der Waals surface area contributed by atoms with Crippen molar-refractivity contribution in [2.24, 2.45) is 5.10 Å². The number of hydrogen-bond donors (Lipinski definition) is 1. The zero-order valence-electron chi connectivity index (χ0n) is 13.0. The first-order valence-corrected chi connectivity index (χ1v) is 8.61. The lowest BCUT2D eigenvalue weighted by molar-refractivity contribution is -0.384. The second kappa shape index (κ2) is 8.72. The number of non-ortho nitro benzene ring substituents is 1. The number of hydrogen-bond acceptors (Lipinski definition) is 5. The second-order valence-electron chi connectivity index (χ2n) is 4.90. The van der Waals surface area contributed by atoms with E-state index >= 15 is 0 Å². The summed E-state index contributed by atoms with van der Waals surface area (Å²) in [5.74, 6) is -0.118. The molecule has 0 atom stereocenters. The van der Waals surface area contributed by atoms with Gasteiger partial charge in [0.15, 0.2) is 6.61 Å². The van der Waals surface area contributed by atoms with E-state index < -0.39 is 10.8 Å². The smallest absolute Gasteiger partial charge is 0.277 e. The van der Waals surface area contributed by atoms with Crippen LogP contribution in [-0.4, -0.2) is 23.1 Å². The molecule has 1 N–H and O–H groups in total. The van der Waals surface area contributed by atoms with Crippen molar-refractivity contribution in [1.29, 1.82) is 0 Å². The minimum Gasteiger partial charge on any atom is -0.483 e. The molecule has 0 unspecified atom stereocenters. The van der Waals surface area contributed by atoms with Gasteiger partial charge in [0.2, 0.25) is 0 Å². The monoisotopic (exact) mass is 469 g/mol. The Balaban J connectivity index is 1.92. The summed E-state index contributed by atoms with van der Waals surface area (Å²) in [6.07, 6.45) is 0. The molecule has 25 heavy (non-hydrogen) atoms. The van der Waals surface area contributed by atoms with Crippen LogP contribution in [0.2, 0.25) is 0 Å². The highest BCUT2D eigenvalue weighted by atomic mass is 79.9. The molecule has 0 saturated heterocycles. The van der Waals surface area contributed by atoms with Crippen LogP contribution in [0.3, 0.4) is 0 Å². The molecule has 1 amide bonds. The fourth-order valence-electron chi connectivity index (χ4n) is 1.82. The summed E-state index contributed by atoms with van der Waals surface area (Å²) in [7, 11) is 0. The lowest BCUT2D eigenvalue weighted by Crippen LogP contribution is -2.25. The molecule has 0 heterocycles. The summed E-state index contributed by atoms with van der Waals surface area (Å²) in [6.45, 7) is 1.50. The van der Waals surface area contributed by atoms with Crippen LogP contribution < -0.4 is 10.2 Å². The van der Waals surface area contributed by atoms with Crippen molar-refractivity contribution >= 4 is 49.2 Å². The molecule has 130 valence electrons. The molecule has 0 spiro atoms. The van der Waals surface area contributed by atoms with E-state index in [1.54, 1.807) is 6.92 Å². The minimum atomic E-state index is -0.513. The Kier molecular flexibility index (Phi) is 6.65. The molecule has 0 aliphatic carbocycles. The van der Waals surface area contributed by atoms with Crippen LogP contribution in [0.1, 0.15) is 12.5 Å². The number of carbonyl (C=O) groups excluding carboxylic acids is 1. The summed E-state index contributed by atoms with van der Waals surface area (Å²) in [5, 5.41) is 14.7. The lowest BCUT2D eigenvalue weighted by Gasteiger charge is -2.07. The number of amides is 1. The number of nitrogens with one attached hydrogen (secondary N) is 1. The van der Waals surface area contributed by atoms with E-state index in [-0.39, 0.29) is 12.3 Å². The summed E-state index contributed by atoms with van der Waals surface area (Å²) in [6, 6.07) is 11.6. The molecule has 9 heteroatoms. The number of rotatable bonds is 6. The third kappa shape index (κ3) is 5.64. The van der Waals surface area contributed by atoms with Gasteiger partial charge in [-0.05, 0) is 46.6 Å². The molecule has 2 rings (SSSR count). The van der Waals surface area contributed by atoms with Gasteiger partial charge in [0.1, 0.15) is 5.75 Å².